The Morgan fingerprint density at radius 2 is 2.07 bits per heavy atom. The molecule has 0 radical (unpaired) electrons. The normalized spacial score (nSPS) is 25.5. The molecule has 4 rings (SSSR count). The highest BCUT2D eigenvalue weighted by atomic mass is 19.3. The van der Waals surface area contributed by atoms with Crippen LogP contribution in [-0.2, 0) is 0 Å². The van der Waals surface area contributed by atoms with E-state index in [2.05, 4.69) is 10.6 Å². The summed E-state index contributed by atoms with van der Waals surface area (Å²) < 4.78 is 65.0. The summed E-state index contributed by atoms with van der Waals surface area (Å²) in [6.45, 7) is 1.33. The van der Waals surface area contributed by atoms with E-state index in [1.807, 2.05) is 0 Å². The van der Waals surface area contributed by atoms with Gasteiger partial charge in [-0.1, -0.05) is 0 Å². The fraction of sp³-hybridized carbons (Fsp3) is 0.526. The molecule has 2 heterocycles. The minimum absolute atomic E-state index is 0.109. The van der Waals surface area contributed by atoms with Crippen molar-refractivity contribution in [3.05, 3.63) is 29.5 Å². The number of fused-ring (bicyclic) bond motifs is 1. The van der Waals surface area contributed by atoms with Crippen molar-refractivity contribution in [1.82, 2.24) is 10.6 Å². The van der Waals surface area contributed by atoms with Crippen molar-refractivity contribution < 1.29 is 31.5 Å². The van der Waals surface area contributed by atoms with Crippen molar-refractivity contribution in [2.24, 2.45) is 5.92 Å². The first-order chi connectivity index (χ1) is 13.2. The van der Waals surface area contributed by atoms with E-state index in [1.54, 1.807) is 19.1 Å². The molecule has 9 heteroatoms. The number of furan rings is 1. The first-order valence-electron chi connectivity index (χ1n) is 9.10. The number of amides is 1. The molecule has 1 saturated heterocycles. The second-order valence-corrected chi connectivity index (χ2v) is 7.42. The molecule has 5 nitrogen and oxygen atoms in total. The molecule has 1 amide bonds. The second kappa shape index (κ2) is 6.65. The number of carbonyl (C=O) groups is 1. The van der Waals surface area contributed by atoms with Crippen LogP contribution in [0.4, 0.5) is 17.6 Å². The van der Waals surface area contributed by atoms with Crippen LogP contribution >= 0.6 is 0 Å². The van der Waals surface area contributed by atoms with E-state index in [-0.39, 0.29) is 30.8 Å². The van der Waals surface area contributed by atoms with E-state index in [1.165, 1.54) is 6.07 Å². The minimum Gasteiger partial charge on any atom is -0.493 e. The number of nitrogens with one attached hydrogen (secondary N) is 2. The predicted octanol–water partition coefficient (Wildman–Crippen LogP) is 3.50. The number of hydrogen-bond acceptors (Lipinski definition) is 4. The van der Waals surface area contributed by atoms with Crippen LogP contribution < -0.4 is 15.4 Å². The monoisotopic (exact) mass is 400 g/mol. The lowest BCUT2D eigenvalue weighted by molar-refractivity contribution is -0.0487. The van der Waals surface area contributed by atoms with Crippen molar-refractivity contribution in [1.29, 1.82) is 0 Å². The first kappa shape index (κ1) is 19.0. The van der Waals surface area contributed by atoms with Gasteiger partial charge in [0.15, 0.2) is 0 Å². The Labute approximate surface area is 158 Å². The van der Waals surface area contributed by atoms with E-state index in [0.717, 1.165) is 0 Å². The Morgan fingerprint density at radius 1 is 1.32 bits per heavy atom. The SMILES string of the molecule is Cc1oc2ccc(OCC3CC3(F)F)cc2c1C(=O)NC1CCNCC1(F)F. The number of benzene rings is 1. The molecule has 1 aromatic carbocycles. The van der Waals surface area contributed by atoms with Crippen LogP contribution in [0.1, 0.15) is 29.0 Å². The fourth-order valence-corrected chi connectivity index (χ4v) is 3.46. The maximum atomic E-state index is 14.0. The average Bonchev–Trinajstić information content (AvgIpc) is 3.09. The summed E-state index contributed by atoms with van der Waals surface area (Å²) in [7, 11) is 0. The third kappa shape index (κ3) is 3.55. The van der Waals surface area contributed by atoms with Crippen molar-refractivity contribution in [2.45, 2.75) is 37.7 Å². The molecule has 1 aromatic heterocycles. The van der Waals surface area contributed by atoms with Gasteiger partial charge in [0.05, 0.1) is 30.7 Å². The second-order valence-electron chi connectivity index (χ2n) is 7.42. The molecule has 0 spiro atoms. The van der Waals surface area contributed by atoms with E-state index < -0.39 is 36.3 Å². The van der Waals surface area contributed by atoms with Gasteiger partial charge in [0.1, 0.15) is 17.1 Å². The summed E-state index contributed by atoms with van der Waals surface area (Å²) >= 11 is 0. The minimum atomic E-state index is -3.05. The summed E-state index contributed by atoms with van der Waals surface area (Å²) in [6.07, 6.45) is -0.0876. The number of piperidine rings is 1. The first-order valence-corrected chi connectivity index (χ1v) is 9.10. The van der Waals surface area contributed by atoms with Gasteiger partial charge in [0.25, 0.3) is 17.8 Å². The lowest BCUT2D eigenvalue weighted by Gasteiger charge is -2.32. The summed E-state index contributed by atoms with van der Waals surface area (Å²) in [6, 6.07) is 3.37. The van der Waals surface area contributed by atoms with E-state index in [9.17, 15) is 22.4 Å². The van der Waals surface area contributed by atoms with Gasteiger partial charge < -0.3 is 19.8 Å². The standard InChI is InChI=1S/C19H20F4N2O3/c1-10-16(17(26)25-15-4-5-24-9-19(15,22)23)13-6-12(2-3-14(13)28-10)27-8-11-7-18(11,20)21/h2-3,6,11,15,24H,4-5,7-9H2,1H3,(H,25,26). The maximum absolute atomic E-state index is 14.0. The number of ether oxygens (including phenoxy) is 1. The molecule has 1 saturated carbocycles. The van der Waals surface area contributed by atoms with Gasteiger partial charge >= 0.3 is 0 Å². The Balaban J connectivity index is 1.54. The molecule has 152 valence electrons. The molecule has 2 fully saturated rings. The van der Waals surface area contributed by atoms with Gasteiger partial charge in [0.2, 0.25) is 0 Å². The molecule has 0 bridgehead atoms. The van der Waals surface area contributed by atoms with Crippen LogP contribution in [0.2, 0.25) is 0 Å². The van der Waals surface area contributed by atoms with Gasteiger partial charge in [-0.3, -0.25) is 4.79 Å². The molecule has 28 heavy (non-hydrogen) atoms. The highest BCUT2D eigenvalue weighted by molar-refractivity contribution is 6.07. The number of hydrogen-bond donors (Lipinski definition) is 2. The lowest BCUT2D eigenvalue weighted by atomic mass is 10.0. The molecule has 2 N–H and O–H groups in total. The zero-order chi connectivity index (χ0) is 20.1. The van der Waals surface area contributed by atoms with Crippen LogP contribution in [0, 0.1) is 12.8 Å². The van der Waals surface area contributed by atoms with E-state index in [4.69, 9.17) is 9.15 Å². The number of rotatable bonds is 5. The Morgan fingerprint density at radius 3 is 2.75 bits per heavy atom. The molecule has 2 unspecified atom stereocenters. The molecule has 1 aliphatic carbocycles. The molecular formula is C19H20F4N2O3. The summed E-state index contributed by atoms with van der Waals surface area (Å²) in [4.78, 5) is 12.7. The Kier molecular flexibility index (Phi) is 4.52. The van der Waals surface area contributed by atoms with Crippen LogP contribution in [0.15, 0.2) is 22.6 Å². The summed E-state index contributed by atoms with van der Waals surface area (Å²) in [5.41, 5.74) is 0.537. The molecular weight excluding hydrogens is 380 g/mol. The van der Waals surface area contributed by atoms with Crippen molar-refractivity contribution in [2.75, 3.05) is 19.7 Å². The molecule has 2 aromatic rings. The summed E-state index contributed by atoms with van der Waals surface area (Å²) in [5, 5.41) is 5.41. The molecule has 2 aliphatic rings. The highest BCUT2D eigenvalue weighted by Crippen LogP contribution is 2.48. The molecule has 2 atom stereocenters. The fourth-order valence-electron chi connectivity index (χ4n) is 3.46. The van der Waals surface area contributed by atoms with Crippen molar-refractivity contribution in [3.8, 4) is 5.75 Å². The quantitative estimate of drug-likeness (QED) is 0.755. The molecule has 1 aliphatic heterocycles. The van der Waals surface area contributed by atoms with Crippen molar-refractivity contribution >= 4 is 16.9 Å². The van der Waals surface area contributed by atoms with E-state index in [0.29, 0.717) is 23.3 Å². The van der Waals surface area contributed by atoms with Crippen LogP contribution in [-0.4, -0.2) is 43.5 Å². The predicted molar refractivity (Wildman–Crippen MR) is 93.2 cm³/mol. The van der Waals surface area contributed by atoms with Gasteiger partial charge in [0, 0.05) is 11.8 Å². The number of alkyl halides is 4. The third-order valence-electron chi connectivity index (χ3n) is 5.26. The van der Waals surface area contributed by atoms with Gasteiger partial charge in [-0.25, -0.2) is 17.6 Å². The largest absolute Gasteiger partial charge is 0.493 e. The Bertz CT molecular complexity index is 912. The Hall–Kier alpha value is -2.29. The van der Waals surface area contributed by atoms with Gasteiger partial charge in [-0.15, -0.1) is 0 Å². The number of halogens is 4. The third-order valence-corrected chi connectivity index (χ3v) is 5.26. The number of carbonyl (C=O) groups excluding carboxylic acids is 1. The zero-order valence-electron chi connectivity index (χ0n) is 15.2. The van der Waals surface area contributed by atoms with Crippen LogP contribution in [0.25, 0.3) is 11.0 Å². The lowest BCUT2D eigenvalue weighted by Crippen LogP contribution is -2.57. The highest BCUT2D eigenvalue weighted by Gasteiger charge is 2.57. The smallest absolute Gasteiger partial charge is 0.280 e. The average molecular weight is 400 g/mol. The van der Waals surface area contributed by atoms with Gasteiger partial charge in [-0.2, -0.15) is 0 Å². The van der Waals surface area contributed by atoms with Crippen molar-refractivity contribution in [3.63, 3.8) is 0 Å². The maximum Gasteiger partial charge on any atom is 0.280 e. The number of aryl methyl sites for hydroxylation is 1. The van der Waals surface area contributed by atoms with Crippen LogP contribution in [0.3, 0.4) is 0 Å². The van der Waals surface area contributed by atoms with Gasteiger partial charge in [-0.05, 0) is 38.1 Å². The zero-order valence-corrected chi connectivity index (χ0v) is 15.2. The van der Waals surface area contributed by atoms with E-state index >= 15 is 0 Å². The summed E-state index contributed by atoms with van der Waals surface area (Å²) in [5.74, 6) is -6.59. The topological polar surface area (TPSA) is 63.5 Å². The van der Waals surface area contributed by atoms with Crippen LogP contribution in [0.5, 0.6) is 5.75 Å².